The molecule has 1 aliphatic rings. The quantitative estimate of drug-likeness (QED) is 0.251. The molecule has 1 aliphatic heterocycles. The molecule has 36 heavy (non-hydrogen) atoms. The summed E-state index contributed by atoms with van der Waals surface area (Å²) in [7, 11) is 1.57. The fourth-order valence-corrected chi connectivity index (χ4v) is 4.67. The summed E-state index contributed by atoms with van der Waals surface area (Å²) in [6.07, 6.45) is 0.863. The van der Waals surface area contributed by atoms with E-state index in [4.69, 9.17) is 4.74 Å². The number of Topliss-reactive ketones (excluding diaryl/α,β-unsaturated/α-hetero) is 1. The number of rotatable bonds is 8. The summed E-state index contributed by atoms with van der Waals surface area (Å²) in [4.78, 5) is 30.4. The number of carbonyl (C=O) groups excluding carboxylic acids is 2. The van der Waals surface area contributed by atoms with E-state index < -0.39 is 17.7 Å². The van der Waals surface area contributed by atoms with Crippen LogP contribution in [0.3, 0.4) is 0 Å². The van der Waals surface area contributed by atoms with E-state index >= 15 is 0 Å². The molecule has 1 atom stereocenters. The minimum Gasteiger partial charge on any atom is -0.507 e. The third-order valence-corrected chi connectivity index (χ3v) is 6.77. The molecule has 1 amide bonds. The van der Waals surface area contributed by atoms with Crippen molar-refractivity contribution in [2.24, 2.45) is 0 Å². The van der Waals surface area contributed by atoms with Crippen LogP contribution in [-0.2, 0) is 16.0 Å². The molecular weight excluding hydrogens is 452 g/mol. The van der Waals surface area contributed by atoms with Crippen LogP contribution in [0.2, 0.25) is 0 Å². The number of aliphatic hydroxyl groups is 1. The first-order chi connectivity index (χ1) is 17.4. The first-order valence-electron chi connectivity index (χ1n) is 12.3. The first kappa shape index (κ1) is 25.0. The van der Waals surface area contributed by atoms with Gasteiger partial charge < -0.3 is 14.7 Å². The normalized spacial score (nSPS) is 16.9. The second kappa shape index (κ2) is 10.7. The van der Waals surface area contributed by atoms with Gasteiger partial charge in [0.05, 0.1) is 18.7 Å². The van der Waals surface area contributed by atoms with Crippen molar-refractivity contribution in [1.82, 2.24) is 0 Å². The van der Waals surface area contributed by atoms with Crippen LogP contribution in [0.4, 0.5) is 11.4 Å². The molecule has 0 saturated carbocycles. The molecule has 1 unspecified atom stereocenters. The second-order valence-corrected chi connectivity index (χ2v) is 8.68. The minimum atomic E-state index is -0.769. The molecule has 0 spiro atoms. The zero-order valence-corrected chi connectivity index (χ0v) is 21.2. The van der Waals surface area contributed by atoms with Gasteiger partial charge in [0.2, 0.25) is 0 Å². The fourth-order valence-electron chi connectivity index (χ4n) is 4.67. The Morgan fingerprint density at radius 2 is 1.50 bits per heavy atom. The molecule has 0 aliphatic carbocycles. The number of ketones is 1. The lowest BCUT2D eigenvalue weighted by Crippen LogP contribution is -2.29. The molecule has 3 aromatic rings. The topological polar surface area (TPSA) is 70.1 Å². The van der Waals surface area contributed by atoms with Gasteiger partial charge in [-0.2, -0.15) is 0 Å². The van der Waals surface area contributed by atoms with Gasteiger partial charge in [0, 0.05) is 30.0 Å². The summed E-state index contributed by atoms with van der Waals surface area (Å²) in [5.41, 5.74) is 4.05. The summed E-state index contributed by atoms with van der Waals surface area (Å²) in [6.45, 7) is 7.98. The van der Waals surface area contributed by atoms with Crippen molar-refractivity contribution in [2.75, 3.05) is 30.0 Å². The molecule has 3 aromatic carbocycles. The molecule has 0 radical (unpaired) electrons. The van der Waals surface area contributed by atoms with E-state index in [9.17, 15) is 14.7 Å². The third-order valence-electron chi connectivity index (χ3n) is 6.77. The van der Waals surface area contributed by atoms with Crippen molar-refractivity contribution in [3.63, 3.8) is 0 Å². The van der Waals surface area contributed by atoms with Gasteiger partial charge in [-0.1, -0.05) is 43.3 Å². The monoisotopic (exact) mass is 484 g/mol. The van der Waals surface area contributed by atoms with Crippen molar-refractivity contribution >= 4 is 28.8 Å². The molecule has 0 bridgehead atoms. The number of benzene rings is 3. The predicted molar refractivity (Wildman–Crippen MR) is 144 cm³/mol. The van der Waals surface area contributed by atoms with E-state index in [-0.39, 0.29) is 11.3 Å². The number of aliphatic hydroxyl groups excluding tert-OH is 1. The number of methoxy groups -OCH3 is 1. The van der Waals surface area contributed by atoms with Crippen LogP contribution >= 0.6 is 0 Å². The molecule has 186 valence electrons. The summed E-state index contributed by atoms with van der Waals surface area (Å²) < 4.78 is 5.26. The Morgan fingerprint density at radius 1 is 0.889 bits per heavy atom. The van der Waals surface area contributed by atoms with Crippen molar-refractivity contribution in [2.45, 2.75) is 33.2 Å². The Labute approximate surface area is 212 Å². The molecule has 6 nitrogen and oxygen atoms in total. The molecule has 1 saturated heterocycles. The van der Waals surface area contributed by atoms with Gasteiger partial charge >= 0.3 is 0 Å². The molecule has 4 rings (SSSR count). The standard InChI is InChI=1S/C30H32N2O4/c1-5-20-8-10-22(11-9-20)28(33)26-27(21-12-14-23(15-13-21)31(6-2)7-3)32(30(35)29(26)34)24-16-18-25(36-4)19-17-24/h8-19,27,33H,5-7H2,1-4H3/b28-26-. The van der Waals surface area contributed by atoms with Crippen LogP contribution < -0.4 is 14.5 Å². The van der Waals surface area contributed by atoms with E-state index in [1.165, 1.54) is 4.90 Å². The number of hydrogen-bond acceptors (Lipinski definition) is 5. The highest BCUT2D eigenvalue weighted by Gasteiger charge is 2.47. The van der Waals surface area contributed by atoms with Crippen molar-refractivity contribution in [3.8, 4) is 5.75 Å². The number of carbonyl (C=O) groups is 2. The number of ether oxygens (including phenoxy) is 1. The van der Waals surface area contributed by atoms with E-state index in [0.29, 0.717) is 17.0 Å². The zero-order chi connectivity index (χ0) is 25.8. The maximum absolute atomic E-state index is 13.4. The molecule has 1 N–H and O–H groups in total. The summed E-state index contributed by atoms with van der Waals surface area (Å²) in [5.74, 6) is -0.915. The Hall–Kier alpha value is -4.06. The van der Waals surface area contributed by atoms with E-state index in [1.54, 1.807) is 43.5 Å². The molecule has 1 fully saturated rings. The summed E-state index contributed by atoms with van der Waals surface area (Å²) >= 11 is 0. The van der Waals surface area contributed by atoms with Crippen LogP contribution in [-0.4, -0.2) is 37.0 Å². The third kappa shape index (κ3) is 4.59. The largest absolute Gasteiger partial charge is 0.507 e. The molecule has 1 heterocycles. The van der Waals surface area contributed by atoms with Crippen LogP contribution in [0.5, 0.6) is 5.75 Å². The Balaban J connectivity index is 1.87. The SMILES string of the molecule is CCc1ccc(/C(O)=C2/C(=O)C(=O)N(c3ccc(OC)cc3)C2c2ccc(N(CC)CC)cc2)cc1. The minimum absolute atomic E-state index is 0.0793. The highest BCUT2D eigenvalue weighted by atomic mass is 16.5. The average Bonchev–Trinajstić information content (AvgIpc) is 3.19. The number of nitrogens with zero attached hydrogens (tertiary/aromatic N) is 2. The van der Waals surface area contributed by atoms with Gasteiger partial charge in [-0.15, -0.1) is 0 Å². The maximum atomic E-state index is 13.4. The van der Waals surface area contributed by atoms with Crippen LogP contribution in [0.1, 0.15) is 43.5 Å². The van der Waals surface area contributed by atoms with Gasteiger partial charge in [0.25, 0.3) is 11.7 Å². The lowest BCUT2D eigenvalue weighted by Gasteiger charge is -2.27. The number of anilines is 2. The number of hydrogen-bond donors (Lipinski definition) is 1. The highest BCUT2D eigenvalue weighted by molar-refractivity contribution is 6.51. The van der Waals surface area contributed by atoms with E-state index in [1.807, 2.05) is 36.4 Å². The van der Waals surface area contributed by atoms with Gasteiger partial charge in [-0.05, 0) is 67.8 Å². The summed E-state index contributed by atoms with van der Waals surface area (Å²) in [5, 5.41) is 11.3. The van der Waals surface area contributed by atoms with Gasteiger partial charge in [0.15, 0.2) is 0 Å². The van der Waals surface area contributed by atoms with Gasteiger partial charge in [0.1, 0.15) is 11.5 Å². The van der Waals surface area contributed by atoms with Crippen LogP contribution in [0, 0.1) is 0 Å². The van der Waals surface area contributed by atoms with Gasteiger partial charge in [-0.3, -0.25) is 14.5 Å². The Morgan fingerprint density at radius 3 is 2.03 bits per heavy atom. The van der Waals surface area contributed by atoms with Gasteiger partial charge in [-0.25, -0.2) is 0 Å². The van der Waals surface area contributed by atoms with E-state index in [0.717, 1.165) is 36.3 Å². The lowest BCUT2D eigenvalue weighted by molar-refractivity contribution is -0.132. The molecular formula is C30H32N2O4. The zero-order valence-electron chi connectivity index (χ0n) is 21.2. The number of aryl methyl sites for hydroxylation is 1. The van der Waals surface area contributed by atoms with Crippen LogP contribution in [0.25, 0.3) is 5.76 Å². The average molecular weight is 485 g/mol. The first-order valence-corrected chi connectivity index (χ1v) is 12.3. The number of amides is 1. The summed E-state index contributed by atoms with van der Waals surface area (Å²) in [6, 6.07) is 21.5. The highest BCUT2D eigenvalue weighted by Crippen LogP contribution is 2.42. The fraction of sp³-hybridized carbons (Fsp3) is 0.267. The van der Waals surface area contributed by atoms with Crippen molar-refractivity contribution in [3.05, 3.63) is 95.1 Å². The predicted octanol–water partition coefficient (Wildman–Crippen LogP) is 5.73. The molecule has 0 aromatic heterocycles. The second-order valence-electron chi connectivity index (χ2n) is 8.68. The van der Waals surface area contributed by atoms with Crippen LogP contribution in [0.15, 0.2) is 78.4 Å². The smallest absolute Gasteiger partial charge is 0.300 e. The van der Waals surface area contributed by atoms with Crippen molar-refractivity contribution < 1.29 is 19.4 Å². The Kier molecular flexibility index (Phi) is 7.44. The van der Waals surface area contributed by atoms with Crippen molar-refractivity contribution in [1.29, 1.82) is 0 Å². The Bertz CT molecular complexity index is 1260. The molecule has 6 heteroatoms. The maximum Gasteiger partial charge on any atom is 0.300 e. The van der Waals surface area contributed by atoms with E-state index in [2.05, 4.69) is 25.7 Å². The lowest BCUT2D eigenvalue weighted by atomic mass is 9.94.